The smallest absolute Gasteiger partial charge is 0.327 e. The topological polar surface area (TPSA) is 82.7 Å². The molecule has 2 aromatic rings. The first-order valence-electron chi connectivity index (χ1n) is 8.19. The fourth-order valence-corrected chi connectivity index (χ4v) is 4.05. The number of carboxylic acids is 1. The Morgan fingerprint density at radius 2 is 1.58 bits per heavy atom. The molecule has 1 heterocycles. The van der Waals surface area contributed by atoms with Crippen molar-refractivity contribution < 1.29 is 20.1 Å². The fraction of sp³-hybridized carbons (Fsp3) is 0.316. The van der Waals surface area contributed by atoms with E-state index in [2.05, 4.69) is 0 Å². The lowest BCUT2D eigenvalue weighted by molar-refractivity contribution is -0.141. The first-order valence-corrected chi connectivity index (χ1v) is 8.19. The fourth-order valence-electron chi connectivity index (χ4n) is 4.05. The molecule has 5 nitrogen and oxygen atoms in total. The summed E-state index contributed by atoms with van der Waals surface area (Å²) >= 11 is 0. The molecule has 0 saturated carbocycles. The van der Waals surface area contributed by atoms with E-state index in [1.807, 2.05) is 42.5 Å². The van der Waals surface area contributed by atoms with Crippen LogP contribution in [0.25, 0.3) is 0 Å². The van der Waals surface area contributed by atoms with Crippen LogP contribution in [0.5, 0.6) is 11.8 Å². The molecular weight excluding hydrogens is 306 g/mol. The quantitative estimate of drug-likeness (QED) is 0.753. The monoisotopic (exact) mass is 325 g/mol. The van der Waals surface area contributed by atoms with Crippen LogP contribution in [0.1, 0.15) is 47.4 Å². The number of aromatic hydroxyl groups is 2. The lowest BCUT2D eigenvalue weighted by Gasteiger charge is -2.30. The highest BCUT2D eigenvalue weighted by molar-refractivity contribution is 5.74. The largest absolute Gasteiger partial charge is 0.494 e. The van der Waals surface area contributed by atoms with Gasteiger partial charge in [0.25, 0.3) is 0 Å². The van der Waals surface area contributed by atoms with E-state index in [4.69, 9.17) is 0 Å². The minimum absolute atomic E-state index is 0.0586. The van der Waals surface area contributed by atoms with E-state index in [0.29, 0.717) is 11.1 Å². The standard InChI is InChI=1S/C19H19NO4/c21-17-15-12-6-7-13(9-8-12)16(15)18(22)20(17)14(19(23)24)10-11-4-2-1-3-5-11/h1-7,12-14,21-22H,8-10H2,(H,23,24). The van der Waals surface area contributed by atoms with Gasteiger partial charge < -0.3 is 15.3 Å². The van der Waals surface area contributed by atoms with E-state index in [-0.39, 0.29) is 30.0 Å². The third-order valence-corrected chi connectivity index (χ3v) is 5.20. The van der Waals surface area contributed by atoms with Crippen LogP contribution in [-0.4, -0.2) is 25.9 Å². The first-order chi connectivity index (χ1) is 11.6. The number of carbonyl (C=O) groups is 1. The highest BCUT2D eigenvalue weighted by atomic mass is 16.4. The highest BCUT2D eigenvalue weighted by Crippen LogP contribution is 2.54. The number of allylic oxidation sites excluding steroid dienone is 2. The van der Waals surface area contributed by atoms with E-state index in [1.54, 1.807) is 0 Å². The number of fused-ring (bicyclic) bond motifs is 1. The molecule has 3 N–H and O–H groups in total. The molecule has 5 heteroatoms. The summed E-state index contributed by atoms with van der Waals surface area (Å²) < 4.78 is 1.19. The number of hydrogen-bond donors (Lipinski definition) is 3. The molecule has 1 aromatic carbocycles. The summed E-state index contributed by atoms with van der Waals surface area (Å²) in [4.78, 5) is 11.8. The number of rotatable bonds is 4. The zero-order valence-electron chi connectivity index (χ0n) is 13.1. The zero-order valence-corrected chi connectivity index (χ0v) is 13.1. The molecule has 1 aromatic heterocycles. The van der Waals surface area contributed by atoms with Gasteiger partial charge in [-0.05, 0) is 18.4 Å². The van der Waals surface area contributed by atoms with E-state index in [1.165, 1.54) is 4.57 Å². The number of aliphatic carboxylic acids is 1. The minimum Gasteiger partial charge on any atom is -0.494 e. The van der Waals surface area contributed by atoms with Gasteiger partial charge in [-0.3, -0.25) is 4.57 Å². The summed E-state index contributed by atoms with van der Waals surface area (Å²) in [5, 5.41) is 31.0. The average Bonchev–Trinajstić information content (AvgIpc) is 2.88. The van der Waals surface area contributed by atoms with Gasteiger partial charge >= 0.3 is 5.97 Å². The number of carboxylic acid groups (broad SMARTS) is 1. The third kappa shape index (κ3) is 2.12. The Kier molecular flexibility index (Phi) is 3.37. The van der Waals surface area contributed by atoms with Crippen molar-refractivity contribution in [2.75, 3.05) is 0 Å². The lowest BCUT2D eigenvalue weighted by Crippen LogP contribution is -2.21. The van der Waals surface area contributed by atoms with Crippen LogP contribution >= 0.6 is 0 Å². The summed E-state index contributed by atoms with van der Waals surface area (Å²) in [7, 11) is 0. The van der Waals surface area contributed by atoms with Gasteiger partial charge in [0.15, 0.2) is 11.8 Å². The molecule has 124 valence electrons. The maximum Gasteiger partial charge on any atom is 0.327 e. The van der Waals surface area contributed by atoms with E-state index >= 15 is 0 Å². The number of nitrogens with zero attached hydrogens (tertiary/aromatic N) is 1. The van der Waals surface area contributed by atoms with Crippen LogP contribution in [0.2, 0.25) is 0 Å². The van der Waals surface area contributed by atoms with Crippen molar-refractivity contribution in [3.8, 4) is 11.8 Å². The Balaban J connectivity index is 1.80. The summed E-state index contributed by atoms with van der Waals surface area (Å²) in [6.07, 6.45) is 6.14. The first kappa shape index (κ1) is 14.9. The Morgan fingerprint density at radius 1 is 1.04 bits per heavy atom. The molecule has 0 spiro atoms. The van der Waals surface area contributed by atoms with Crippen LogP contribution < -0.4 is 0 Å². The molecule has 0 radical (unpaired) electrons. The molecule has 0 amide bonds. The van der Waals surface area contributed by atoms with E-state index in [9.17, 15) is 20.1 Å². The normalized spacial score (nSPS) is 22.3. The Bertz CT molecular complexity index is 784. The summed E-state index contributed by atoms with van der Waals surface area (Å²) in [5.41, 5.74) is 2.24. The second kappa shape index (κ2) is 5.44. The maximum absolute atomic E-state index is 11.8. The highest BCUT2D eigenvalue weighted by Gasteiger charge is 2.40. The van der Waals surface area contributed by atoms with Crippen molar-refractivity contribution in [1.29, 1.82) is 0 Å². The van der Waals surface area contributed by atoms with Gasteiger partial charge in [0, 0.05) is 29.4 Å². The molecule has 3 unspecified atom stereocenters. The third-order valence-electron chi connectivity index (χ3n) is 5.20. The van der Waals surface area contributed by atoms with Crippen LogP contribution in [0.3, 0.4) is 0 Å². The Morgan fingerprint density at radius 3 is 2.04 bits per heavy atom. The molecular formula is C19H19NO4. The number of hydrogen-bond acceptors (Lipinski definition) is 3. The molecule has 3 aliphatic rings. The second-order valence-corrected chi connectivity index (χ2v) is 6.56. The summed E-state index contributed by atoms with van der Waals surface area (Å²) in [6, 6.07) is 8.21. The Labute approximate surface area is 139 Å². The SMILES string of the molecule is O=C(O)C(Cc1ccccc1)n1c(O)c2c(c1O)C1C=CC2CC1. The van der Waals surface area contributed by atoms with Gasteiger partial charge in [0.1, 0.15) is 6.04 Å². The van der Waals surface area contributed by atoms with Gasteiger partial charge in [0.05, 0.1) is 0 Å². The number of aromatic nitrogens is 1. The van der Waals surface area contributed by atoms with Gasteiger partial charge in [0.2, 0.25) is 0 Å². The Hall–Kier alpha value is -2.69. The molecule has 0 aliphatic heterocycles. The van der Waals surface area contributed by atoms with E-state index < -0.39 is 12.0 Å². The van der Waals surface area contributed by atoms with Crippen LogP contribution in [0, 0.1) is 0 Å². The number of benzene rings is 1. The maximum atomic E-state index is 11.8. The average molecular weight is 325 g/mol. The van der Waals surface area contributed by atoms with Crippen molar-refractivity contribution in [2.45, 2.75) is 37.1 Å². The molecule has 0 fully saturated rings. The van der Waals surface area contributed by atoms with Crippen LogP contribution in [-0.2, 0) is 11.2 Å². The predicted octanol–water partition coefficient (Wildman–Crippen LogP) is 3.30. The van der Waals surface area contributed by atoms with Gasteiger partial charge in [-0.15, -0.1) is 0 Å². The van der Waals surface area contributed by atoms with Crippen molar-refractivity contribution in [2.24, 2.45) is 0 Å². The van der Waals surface area contributed by atoms with Gasteiger partial charge in [-0.25, -0.2) is 4.79 Å². The summed E-state index contributed by atoms with van der Waals surface area (Å²) in [6.45, 7) is 0. The molecule has 3 aliphatic carbocycles. The minimum atomic E-state index is -1.07. The van der Waals surface area contributed by atoms with Crippen LogP contribution in [0.15, 0.2) is 42.5 Å². The van der Waals surface area contributed by atoms with Gasteiger partial charge in [-0.2, -0.15) is 0 Å². The van der Waals surface area contributed by atoms with Crippen molar-refractivity contribution in [3.63, 3.8) is 0 Å². The lowest BCUT2D eigenvalue weighted by atomic mass is 9.73. The zero-order chi connectivity index (χ0) is 16.8. The molecule has 0 saturated heterocycles. The molecule has 3 atom stereocenters. The molecule has 2 bridgehead atoms. The van der Waals surface area contributed by atoms with E-state index in [0.717, 1.165) is 18.4 Å². The summed E-state index contributed by atoms with van der Waals surface area (Å²) in [5.74, 6) is -1.17. The van der Waals surface area contributed by atoms with Gasteiger partial charge in [-0.1, -0.05) is 42.5 Å². The molecule has 5 rings (SSSR count). The predicted molar refractivity (Wildman–Crippen MR) is 88.4 cm³/mol. The molecule has 24 heavy (non-hydrogen) atoms. The van der Waals surface area contributed by atoms with Crippen molar-refractivity contribution in [1.82, 2.24) is 4.57 Å². The van der Waals surface area contributed by atoms with Crippen LogP contribution in [0.4, 0.5) is 0 Å². The van der Waals surface area contributed by atoms with Crippen molar-refractivity contribution in [3.05, 3.63) is 59.2 Å². The van der Waals surface area contributed by atoms with Crippen molar-refractivity contribution >= 4 is 5.97 Å². The second-order valence-electron chi connectivity index (χ2n) is 6.56.